The van der Waals surface area contributed by atoms with Crippen LogP contribution in [0.2, 0.25) is 0 Å². The zero-order chi connectivity index (χ0) is 15.2. The Hall–Kier alpha value is -2.49. The molecule has 21 heavy (non-hydrogen) atoms. The molecule has 0 spiro atoms. The molecule has 0 aliphatic carbocycles. The lowest BCUT2D eigenvalue weighted by molar-refractivity contribution is 0.373. The Morgan fingerprint density at radius 3 is 2.38 bits per heavy atom. The zero-order valence-electron chi connectivity index (χ0n) is 12.4. The summed E-state index contributed by atoms with van der Waals surface area (Å²) in [5.41, 5.74) is 1.62. The van der Waals surface area contributed by atoms with Crippen molar-refractivity contribution in [3.05, 3.63) is 53.6 Å². The topological polar surface area (TPSA) is 51.0 Å². The van der Waals surface area contributed by atoms with Gasteiger partial charge in [0.15, 0.2) is 11.5 Å². The highest BCUT2D eigenvalue weighted by Crippen LogP contribution is 2.30. The number of phenolic OH excluding ortho intramolecular Hbond substituents is 1. The van der Waals surface area contributed by atoms with E-state index in [2.05, 4.69) is 4.99 Å². The van der Waals surface area contributed by atoms with E-state index in [1.165, 1.54) is 7.11 Å². The molecule has 2 rings (SSSR count). The fraction of sp³-hybridized carbons (Fsp3) is 0.235. The maximum atomic E-state index is 10.0. The Bertz CT molecular complexity index is 638. The SMILES string of the molecule is COc1ccccc1[C@H](C)N=Cc1cccc(OC)c1O. The summed E-state index contributed by atoms with van der Waals surface area (Å²) < 4.78 is 10.4. The highest BCUT2D eigenvalue weighted by molar-refractivity contribution is 5.85. The van der Waals surface area contributed by atoms with Gasteiger partial charge in [-0.3, -0.25) is 4.99 Å². The van der Waals surface area contributed by atoms with E-state index >= 15 is 0 Å². The van der Waals surface area contributed by atoms with Gasteiger partial charge in [0, 0.05) is 17.3 Å². The van der Waals surface area contributed by atoms with Gasteiger partial charge in [-0.2, -0.15) is 0 Å². The molecule has 1 atom stereocenters. The van der Waals surface area contributed by atoms with E-state index in [0.29, 0.717) is 11.3 Å². The van der Waals surface area contributed by atoms with Crippen molar-refractivity contribution in [2.24, 2.45) is 4.99 Å². The molecule has 4 heteroatoms. The first-order chi connectivity index (χ1) is 10.2. The lowest BCUT2D eigenvalue weighted by atomic mass is 10.1. The molecular weight excluding hydrogens is 266 g/mol. The van der Waals surface area contributed by atoms with E-state index in [4.69, 9.17) is 9.47 Å². The molecule has 0 aliphatic heterocycles. The van der Waals surface area contributed by atoms with E-state index in [9.17, 15) is 5.11 Å². The van der Waals surface area contributed by atoms with Crippen LogP contribution in [0.5, 0.6) is 17.2 Å². The van der Waals surface area contributed by atoms with E-state index in [1.54, 1.807) is 25.5 Å². The normalized spacial score (nSPS) is 12.3. The van der Waals surface area contributed by atoms with Crippen molar-refractivity contribution in [2.45, 2.75) is 13.0 Å². The summed E-state index contributed by atoms with van der Waals surface area (Å²) in [5.74, 6) is 1.33. The van der Waals surface area contributed by atoms with Crippen LogP contribution in [0.25, 0.3) is 0 Å². The molecular formula is C17H19NO3. The van der Waals surface area contributed by atoms with Gasteiger partial charge in [0.2, 0.25) is 0 Å². The summed E-state index contributed by atoms with van der Waals surface area (Å²) in [6.07, 6.45) is 1.65. The van der Waals surface area contributed by atoms with Crippen LogP contribution < -0.4 is 9.47 Å². The van der Waals surface area contributed by atoms with Gasteiger partial charge in [0.05, 0.1) is 20.3 Å². The van der Waals surface area contributed by atoms with Gasteiger partial charge in [0.25, 0.3) is 0 Å². The number of hydrogen-bond donors (Lipinski definition) is 1. The van der Waals surface area contributed by atoms with Gasteiger partial charge in [-0.05, 0) is 25.1 Å². The Kier molecular flexibility index (Phi) is 4.82. The molecule has 4 nitrogen and oxygen atoms in total. The number of ether oxygens (including phenoxy) is 2. The summed E-state index contributed by atoms with van der Waals surface area (Å²) in [6.45, 7) is 1.98. The van der Waals surface area contributed by atoms with Gasteiger partial charge < -0.3 is 14.6 Å². The maximum absolute atomic E-state index is 10.0. The second-order valence-corrected chi connectivity index (χ2v) is 4.59. The summed E-state index contributed by atoms with van der Waals surface area (Å²) in [4.78, 5) is 4.49. The van der Waals surface area contributed by atoms with Crippen molar-refractivity contribution in [1.82, 2.24) is 0 Å². The third kappa shape index (κ3) is 3.34. The molecule has 0 aliphatic rings. The molecule has 0 saturated carbocycles. The molecule has 0 bridgehead atoms. The molecule has 0 aromatic heterocycles. The fourth-order valence-electron chi connectivity index (χ4n) is 2.09. The highest BCUT2D eigenvalue weighted by Gasteiger charge is 2.10. The van der Waals surface area contributed by atoms with Crippen molar-refractivity contribution in [1.29, 1.82) is 0 Å². The average molecular weight is 285 g/mol. The second-order valence-electron chi connectivity index (χ2n) is 4.59. The second kappa shape index (κ2) is 6.79. The number of aliphatic imine (C=N–C) groups is 1. The maximum Gasteiger partial charge on any atom is 0.166 e. The molecule has 0 radical (unpaired) electrons. The smallest absolute Gasteiger partial charge is 0.166 e. The molecule has 0 unspecified atom stereocenters. The van der Waals surface area contributed by atoms with E-state index in [-0.39, 0.29) is 11.8 Å². The summed E-state index contributed by atoms with van der Waals surface area (Å²) >= 11 is 0. The summed E-state index contributed by atoms with van der Waals surface area (Å²) in [5, 5.41) is 10.0. The van der Waals surface area contributed by atoms with Crippen molar-refractivity contribution in [3.63, 3.8) is 0 Å². The minimum absolute atomic E-state index is 0.0771. The molecule has 2 aromatic rings. The minimum atomic E-state index is -0.0771. The molecule has 0 saturated heterocycles. The van der Waals surface area contributed by atoms with Crippen LogP contribution in [0.3, 0.4) is 0 Å². The van der Waals surface area contributed by atoms with E-state index in [1.807, 2.05) is 37.3 Å². The number of aromatic hydroxyl groups is 1. The zero-order valence-corrected chi connectivity index (χ0v) is 12.4. The number of phenols is 1. The Balaban J connectivity index is 2.25. The standard InChI is InChI=1S/C17H19NO3/c1-12(14-8-4-5-9-15(14)20-2)18-11-13-7-6-10-16(21-3)17(13)19/h4-12,19H,1-3H3/t12-/m0/s1. The van der Waals surface area contributed by atoms with Crippen molar-refractivity contribution >= 4 is 6.21 Å². The Morgan fingerprint density at radius 2 is 1.67 bits per heavy atom. The monoisotopic (exact) mass is 285 g/mol. The third-order valence-electron chi connectivity index (χ3n) is 3.28. The van der Waals surface area contributed by atoms with Crippen LogP contribution in [0.15, 0.2) is 47.5 Å². The largest absolute Gasteiger partial charge is 0.504 e. The predicted octanol–water partition coefficient (Wildman–Crippen LogP) is 3.59. The van der Waals surface area contributed by atoms with Gasteiger partial charge in [0.1, 0.15) is 5.75 Å². The van der Waals surface area contributed by atoms with E-state index < -0.39 is 0 Å². The first-order valence-corrected chi connectivity index (χ1v) is 6.69. The van der Waals surface area contributed by atoms with Crippen LogP contribution in [0.4, 0.5) is 0 Å². The average Bonchev–Trinajstić information content (AvgIpc) is 2.53. The Morgan fingerprint density at radius 1 is 1.00 bits per heavy atom. The number of para-hydroxylation sites is 2. The van der Waals surface area contributed by atoms with Gasteiger partial charge in [-0.15, -0.1) is 0 Å². The number of rotatable bonds is 5. The molecule has 0 fully saturated rings. The lowest BCUT2D eigenvalue weighted by Crippen LogP contribution is -1.96. The van der Waals surface area contributed by atoms with Gasteiger partial charge in [-0.1, -0.05) is 24.3 Å². The molecule has 0 heterocycles. The number of methoxy groups -OCH3 is 2. The van der Waals surface area contributed by atoms with E-state index in [0.717, 1.165) is 11.3 Å². The van der Waals surface area contributed by atoms with Crippen LogP contribution in [-0.4, -0.2) is 25.5 Å². The number of benzene rings is 2. The number of nitrogens with zero attached hydrogens (tertiary/aromatic N) is 1. The van der Waals surface area contributed by atoms with Crippen LogP contribution in [-0.2, 0) is 0 Å². The highest BCUT2D eigenvalue weighted by atomic mass is 16.5. The molecule has 110 valence electrons. The quantitative estimate of drug-likeness (QED) is 0.854. The third-order valence-corrected chi connectivity index (χ3v) is 3.28. The van der Waals surface area contributed by atoms with Crippen molar-refractivity contribution in [2.75, 3.05) is 14.2 Å². The first kappa shape index (κ1) is 14.9. The number of hydrogen-bond acceptors (Lipinski definition) is 4. The summed E-state index contributed by atoms with van der Waals surface area (Å²) in [7, 11) is 3.16. The Labute approximate surface area is 124 Å². The van der Waals surface area contributed by atoms with Gasteiger partial charge >= 0.3 is 0 Å². The lowest BCUT2D eigenvalue weighted by Gasteiger charge is -2.12. The van der Waals surface area contributed by atoms with Crippen molar-refractivity contribution < 1.29 is 14.6 Å². The molecule has 2 aromatic carbocycles. The van der Waals surface area contributed by atoms with Crippen LogP contribution in [0.1, 0.15) is 24.1 Å². The first-order valence-electron chi connectivity index (χ1n) is 6.69. The molecule has 1 N–H and O–H groups in total. The van der Waals surface area contributed by atoms with Crippen molar-refractivity contribution in [3.8, 4) is 17.2 Å². The minimum Gasteiger partial charge on any atom is -0.504 e. The predicted molar refractivity (Wildman–Crippen MR) is 83.7 cm³/mol. The van der Waals surface area contributed by atoms with Crippen LogP contribution >= 0.6 is 0 Å². The fourth-order valence-corrected chi connectivity index (χ4v) is 2.09. The molecule has 0 amide bonds. The van der Waals surface area contributed by atoms with Crippen LogP contribution in [0, 0.1) is 0 Å². The van der Waals surface area contributed by atoms with Gasteiger partial charge in [-0.25, -0.2) is 0 Å². The summed E-state index contributed by atoms with van der Waals surface area (Å²) in [6, 6.07) is 13.0.